The average molecular weight is 268 g/mol. The molecule has 0 aliphatic carbocycles. The molecule has 4 heteroatoms. The van der Waals surface area contributed by atoms with Gasteiger partial charge in [-0.2, -0.15) is 0 Å². The van der Waals surface area contributed by atoms with Crippen LogP contribution in [0, 0.1) is 5.92 Å². The van der Waals surface area contributed by atoms with E-state index in [0.717, 1.165) is 25.0 Å². The largest absolute Gasteiger partial charge is 0.356 e. The van der Waals surface area contributed by atoms with Crippen molar-refractivity contribution in [2.45, 2.75) is 52.5 Å². The van der Waals surface area contributed by atoms with Gasteiger partial charge in [0.05, 0.1) is 0 Å². The fourth-order valence-corrected chi connectivity index (χ4v) is 2.65. The van der Waals surface area contributed by atoms with Gasteiger partial charge >= 0.3 is 0 Å². The van der Waals surface area contributed by atoms with E-state index in [0.29, 0.717) is 6.04 Å². The van der Waals surface area contributed by atoms with Crippen LogP contribution in [0.3, 0.4) is 0 Å². The number of unbranched alkanes of at least 4 members (excludes halogenated alkanes) is 1. The van der Waals surface area contributed by atoms with Gasteiger partial charge in [-0.05, 0) is 31.7 Å². The van der Waals surface area contributed by atoms with Crippen LogP contribution in [0.4, 0.5) is 0 Å². The first kappa shape index (κ1) is 16.3. The van der Waals surface area contributed by atoms with Crippen molar-refractivity contribution in [3.05, 3.63) is 0 Å². The van der Waals surface area contributed by atoms with Crippen LogP contribution in [-0.4, -0.2) is 50.1 Å². The number of hydrogen-bond acceptors (Lipinski definition) is 2. The molecule has 1 rings (SSSR count). The summed E-state index contributed by atoms with van der Waals surface area (Å²) in [6.45, 7) is 11.3. The van der Waals surface area contributed by atoms with Gasteiger partial charge in [0.15, 0.2) is 5.96 Å². The molecule has 19 heavy (non-hydrogen) atoms. The van der Waals surface area contributed by atoms with E-state index in [1.807, 2.05) is 7.05 Å². The second kappa shape index (κ2) is 9.18. The first-order valence-electron chi connectivity index (χ1n) is 7.86. The summed E-state index contributed by atoms with van der Waals surface area (Å²) in [4.78, 5) is 6.90. The van der Waals surface area contributed by atoms with E-state index in [2.05, 4.69) is 41.3 Å². The van der Waals surface area contributed by atoms with E-state index >= 15 is 0 Å². The Morgan fingerprint density at radius 2 is 2.16 bits per heavy atom. The molecule has 1 atom stereocenters. The Balaban J connectivity index is 2.29. The first-order chi connectivity index (χ1) is 9.17. The lowest BCUT2D eigenvalue weighted by atomic mass is 10.1. The van der Waals surface area contributed by atoms with Gasteiger partial charge in [-0.15, -0.1) is 0 Å². The lowest BCUT2D eigenvalue weighted by Crippen LogP contribution is -2.45. The summed E-state index contributed by atoms with van der Waals surface area (Å²) in [5, 5.41) is 6.84. The Kier molecular flexibility index (Phi) is 7.87. The summed E-state index contributed by atoms with van der Waals surface area (Å²) in [6.07, 6.45) is 5.06. The normalized spacial score (nSPS) is 21.1. The lowest BCUT2D eigenvalue weighted by Gasteiger charge is -2.27. The topological polar surface area (TPSA) is 39.7 Å². The van der Waals surface area contributed by atoms with Gasteiger partial charge in [-0.3, -0.25) is 9.89 Å². The Morgan fingerprint density at radius 3 is 2.79 bits per heavy atom. The zero-order valence-electron chi connectivity index (χ0n) is 13.2. The highest BCUT2D eigenvalue weighted by Gasteiger charge is 2.24. The quantitative estimate of drug-likeness (QED) is 0.422. The van der Waals surface area contributed by atoms with Gasteiger partial charge in [-0.1, -0.05) is 27.2 Å². The van der Waals surface area contributed by atoms with Crippen molar-refractivity contribution < 1.29 is 0 Å². The number of nitrogens with zero attached hydrogens (tertiary/aromatic N) is 2. The molecule has 2 N–H and O–H groups in total. The highest BCUT2D eigenvalue weighted by atomic mass is 15.2. The van der Waals surface area contributed by atoms with Crippen molar-refractivity contribution >= 4 is 5.96 Å². The first-order valence-corrected chi connectivity index (χ1v) is 7.86. The van der Waals surface area contributed by atoms with E-state index in [1.165, 1.54) is 38.8 Å². The molecule has 0 aromatic carbocycles. The number of nitrogens with one attached hydrogen (secondary N) is 2. The molecule has 1 saturated heterocycles. The molecule has 0 saturated carbocycles. The minimum Gasteiger partial charge on any atom is -0.356 e. The molecule has 0 aromatic rings. The highest BCUT2D eigenvalue weighted by Crippen LogP contribution is 2.17. The maximum Gasteiger partial charge on any atom is 0.191 e. The number of rotatable bonds is 7. The average Bonchev–Trinajstić information content (AvgIpc) is 2.80. The third-order valence-corrected chi connectivity index (χ3v) is 3.65. The van der Waals surface area contributed by atoms with Crippen LogP contribution in [0.25, 0.3) is 0 Å². The molecule has 4 nitrogen and oxygen atoms in total. The number of aliphatic imine (C=N–C) groups is 1. The minimum atomic E-state index is 0.673. The van der Waals surface area contributed by atoms with Gasteiger partial charge in [0.2, 0.25) is 0 Å². The maximum atomic E-state index is 4.28. The predicted octanol–water partition coefficient (Wildman–Crippen LogP) is 2.07. The third kappa shape index (κ3) is 6.28. The number of guanidine groups is 1. The van der Waals surface area contributed by atoms with Crippen LogP contribution < -0.4 is 10.6 Å². The summed E-state index contributed by atoms with van der Waals surface area (Å²) >= 11 is 0. The fourth-order valence-electron chi connectivity index (χ4n) is 2.65. The molecule has 0 bridgehead atoms. The van der Waals surface area contributed by atoms with Gasteiger partial charge < -0.3 is 10.6 Å². The van der Waals surface area contributed by atoms with Gasteiger partial charge in [0, 0.05) is 32.7 Å². The smallest absolute Gasteiger partial charge is 0.191 e. The van der Waals surface area contributed by atoms with E-state index in [1.54, 1.807) is 0 Å². The standard InChI is InChI=1S/C15H32N4/c1-5-6-9-17-15(16-4)18-11-14-8-7-10-19(14)12-13(2)3/h13-14H,5-12H2,1-4H3,(H2,16,17,18)/t14-/m1/s1. The molecule has 112 valence electrons. The van der Waals surface area contributed by atoms with Crippen LogP contribution >= 0.6 is 0 Å². The van der Waals surface area contributed by atoms with Crippen LogP contribution in [0.15, 0.2) is 4.99 Å². The molecule has 0 unspecified atom stereocenters. The Labute approximate surface area is 119 Å². The molecule has 0 aromatic heterocycles. The van der Waals surface area contributed by atoms with Gasteiger partial charge in [0.25, 0.3) is 0 Å². The molecule has 1 aliphatic rings. The minimum absolute atomic E-state index is 0.673. The summed E-state index contributed by atoms with van der Waals surface area (Å²) < 4.78 is 0. The highest BCUT2D eigenvalue weighted by molar-refractivity contribution is 5.79. The molecule has 1 aliphatic heterocycles. The fraction of sp³-hybridized carbons (Fsp3) is 0.933. The van der Waals surface area contributed by atoms with Crippen molar-refractivity contribution in [1.29, 1.82) is 0 Å². The van der Waals surface area contributed by atoms with E-state index in [4.69, 9.17) is 0 Å². The molecular formula is C15H32N4. The number of hydrogen-bond donors (Lipinski definition) is 2. The summed E-state index contributed by atoms with van der Waals surface area (Å²) in [5.41, 5.74) is 0. The summed E-state index contributed by atoms with van der Waals surface area (Å²) in [7, 11) is 1.85. The van der Waals surface area contributed by atoms with Crippen molar-refractivity contribution in [2.24, 2.45) is 10.9 Å². The van der Waals surface area contributed by atoms with Crippen molar-refractivity contribution in [2.75, 3.05) is 33.2 Å². The zero-order chi connectivity index (χ0) is 14.1. The van der Waals surface area contributed by atoms with E-state index < -0.39 is 0 Å². The predicted molar refractivity (Wildman–Crippen MR) is 83.7 cm³/mol. The summed E-state index contributed by atoms with van der Waals surface area (Å²) in [6, 6.07) is 0.673. The maximum absolute atomic E-state index is 4.28. The van der Waals surface area contributed by atoms with Crippen LogP contribution in [-0.2, 0) is 0 Å². The van der Waals surface area contributed by atoms with Gasteiger partial charge in [-0.25, -0.2) is 0 Å². The molecule has 1 fully saturated rings. The second-order valence-corrected chi connectivity index (χ2v) is 5.92. The number of likely N-dealkylation sites (tertiary alicyclic amines) is 1. The third-order valence-electron chi connectivity index (χ3n) is 3.65. The van der Waals surface area contributed by atoms with Crippen molar-refractivity contribution in [3.8, 4) is 0 Å². The summed E-state index contributed by atoms with van der Waals surface area (Å²) in [5.74, 6) is 1.70. The zero-order valence-corrected chi connectivity index (χ0v) is 13.2. The van der Waals surface area contributed by atoms with Crippen LogP contribution in [0.2, 0.25) is 0 Å². The molecule has 0 amide bonds. The second-order valence-electron chi connectivity index (χ2n) is 5.92. The molecule has 0 radical (unpaired) electrons. The Morgan fingerprint density at radius 1 is 1.37 bits per heavy atom. The molecule has 1 heterocycles. The SMILES string of the molecule is CCCCNC(=NC)NC[C@H]1CCCN1CC(C)C. The van der Waals surface area contributed by atoms with Crippen molar-refractivity contribution in [1.82, 2.24) is 15.5 Å². The van der Waals surface area contributed by atoms with Crippen LogP contribution in [0.5, 0.6) is 0 Å². The Bertz CT molecular complexity index is 263. The van der Waals surface area contributed by atoms with E-state index in [9.17, 15) is 0 Å². The lowest BCUT2D eigenvalue weighted by molar-refractivity contribution is 0.226. The molecule has 0 spiro atoms. The van der Waals surface area contributed by atoms with Crippen LogP contribution in [0.1, 0.15) is 46.5 Å². The van der Waals surface area contributed by atoms with E-state index in [-0.39, 0.29) is 0 Å². The molecular weight excluding hydrogens is 236 g/mol. The van der Waals surface area contributed by atoms with Gasteiger partial charge in [0.1, 0.15) is 0 Å². The monoisotopic (exact) mass is 268 g/mol. The van der Waals surface area contributed by atoms with Crippen molar-refractivity contribution in [3.63, 3.8) is 0 Å². The Hall–Kier alpha value is -0.770.